The highest BCUT2D eigenvalue weighted by molar-refractivity contribution is 7.14. The van der Waals surface area contributed by atoms with E-state index in [4.69, 9.17) is 11.6 Å². The molecule has 1 aromatic heterocycles. The van der Waals surface area contributed by atoms with Crippen LogP contribution in [0.4, 0.5) is 0 Å². The van der Waals surface area contributed by atoms with Crippen LogP contribution >= 0.6 is 22.9 Å². The summed E-state index contributed by atoms with van der Waals surface area (Å²) in [5, 5.41) is 3.94. The van der Waals surface area contributed by atoms with E-state index in [1.165, 1.54) is 24.3 Å². The van der Waals surface area contributed by atoms with Gasteiger partial charge < -0.3 is 10.2 Å². The zero-order valence-electron chi connectivity index (χ0n) is 13.2. The summed E-state index contributed by atoms with van der Waals surface area (Å²) >= 11 is 7.51. The molecule has 0 saturated carbocycles. The Kier molecular flexibility index (Phi) is 4.44. The number of fused-ring (bicyclic) bond motifs is 2. The molecule has 0 spiro atoms. The number of nitrogens with one attached hydrogen (secondary N) is 1. The summed E-state index contributed by atoms with van der Waals surface area (Å²) in [5.41, 5.74) is 1.05. The first kappa shape index (κ1) is 15.9. The van der Waals surface area contributed by atoms with Gasteiger partial charge in [-0.1, -0.05) is 29.8 Å². The number of hydrogen-bond acceptors (Lipinski definition) is 3. The summed E-state index contributed by atoms with van der Waals surface area (Å²) < 4.78 is 0. The summed E-state index contributed by atoms with van der Waals surface area (Å²) in [7, 11) is 0. The number of hydrogen-bond donors (Lipinski definition) is 1. The third-order valence-corrected chi connectivity index (χ3v) is 6.07. The Balaban J connectivity index is 1.40. The highest BCUT2D eigenvalue weighted by Crippen LogP contribution is 2.28. The molecule has 3 heterocycles. The van der Waals surface area contributed by atoms with Crippen molar-refractivity contribution < 1.29 is 4.79 Å². The standard InChI is InChI=1S/C19H19ClN2OS/c20-15-3-1-2-13(10-15)4-5-16-6-7-18(24-16)19(23)21-17-12-22-9-8-14(17)11-22/h1-7,10,14,17H,8-9,11-12H2,(H,21,23)/b5-4+/t14-,17+/m1/s1. The average Bonchev–Trinajstić information content (AvgIpc) is 3.29. The Morgan fingerprint density at radius 1 is 1.25 bits per heavy atom. The molecule has 3 nitrogen and oxygen atoms in total. The number of carbonyl (C=O) groups is 1. The van der Waals surface area contributed by atoms with Crippen molar-refractivity contribution in [3.05, 3.63) is 56.7 Å². The van der Waals surface area contributed by atoms with Crippen LogP contribution in [0.25, 0.3) is 12.2 Å². The van der Waals surface area contributed by atoms with Crippen LogP contribution in [0.5, 0.6) is 0 Å². The predicted octanol–water partition coefficient (Wildman–Crippen LogP) is 4.01. The van der Waals surface area contributed by atoms with Crippen LogP contribution in [0, 0.1) is 5.92 Å². The van der Waals surface area contributed by atoms with Crippen molar-refractivity contribution in [3.8, 4) is 0 Å². The quantitative estimate of drug-likeness (QED) is 0.895. The second-order valence-electron chi connectivity index (χ2n) is 6.48. The number of nitrogens with zero attached hydrogens (tertiary/aromatic N) is 1. The topological polar surface area (TPSA) is 32.3 Å². The SMILES string of the molecule is O=C(N[C@H]1CN2CC[C@@H]1C2)c1ccc(/C=C/c2cccc(Cl)c2)s1. The average molecular weight is 359 g/mol. The smallest absolute Gasteiger partial charge is 0.261 e. The molecule has 2 aliphatic rings. The summed E-state index contributed by atoms with van der Waals surface area (Å²) in [6.45, 7) is 3.33. The molecule has 24 heavy (non-hydrogen) atoms. The lowest BCUT2D eigenvalue weighted by molar-refractivity contribution is 0.0928. The zero-order chi connectivity index (χ0) is 16.5. The maximum absolute atomic E-state index is 12.4. The summed E-state index contributed by atoms with van der Waals surface area (Å²) in [4.78, 5) is 16.7. The molecule has 1 unspecified atom stereocenters. The minimum absolute atomic E-state index is 0.0566. The Hall–Kier alpha value is -1.62. The first-order chi connectivity index (χ1) is 11.7. The molecule has 5 heteroatoms. The number of benzene rings is 1. The maximum Gasteiger partial charge on any atom is 0.261 e. The van der Waals surface area contributed by atoms with Crippen molar-refractivity contribution in [2.75, 3.05) is 19.6 Å². The largest absolute Gasteiger partial charge is 0.347 e. The fraction of sp³-hybridized carbons (Fsp3) is 0.316. The minimum atomic E-state index is 0.0566. The van der Waals surface area contributed by atoms with Crippen molar-refractivity contribution >= 4 is 41.0 Å². The van der Waals surface area contributed by atoms with E-state index in [0.717, 1.165) is 33.4 Å². The molecular formula is C19H19ClN2OS. The predicted molar refractivity (Wildman–Crippen MR) is 101 cm³/mol. The Bertz CT molecular complexity index is 785. The zero-order valence-corrected chi connectivity index (χ0v) is 14.8. The molecule has 0 radical (unpaired) electrons. The van der Waals surface area contributed by atoms with Gasteiger partial charge in [-0.05, 0) is 54.8 Å². The van der Waals surface area contributed by atoms with Crippen LogP contribution in [0.1, 0.15) is 26.5 Å². The number of halogens is 1. The maximum atomic E-state index is 12.4. The second-order valence-corrected chi connectivity index (χ2v) is 8.03. The minimum Gasteiger partial charge on any atom is -0.347 e. The van der Waals surface area contributed by atoms with E-state index in [9.17, 15) is 4.79 Å². The van der Waals surface area contributed by atoms with Crippen molar-refractivity contribution in [1.29, 1.82) is 0 Å². The van der Waals surface area contributed by atoms with Gasteiger partial charge >= 0.3 is 0 Å². The van der Waals surface area contributed by atoms with E-state index in [-0.39, 0.29) is 5.91 Å². The molecule has 2 aromatic rings. The van der Waals surface area contributed by atoms with E-state index in [1.54, 1.807) is 0 Å². The first-order valence-electron chi connectivity index (χ1n) is 8.24. The van der Waals surface area contributed by atoms with Gasteiger partial charge in [-0.2, -0.15) is 0 Å². The monoisotopic (exact) mass is 358 g/mol. The van der Waals surface area contributed by atoms with Crippen LogP contribution in [0.3, 0.4) is 0 Å². The lowest BCUT2D eigenvalue weighted by Gasteiger charge is -2.22. The normalized spacial score (nSPS) is 25.5. The van der Waals surface area contributed by atoms with Crippen LogP contribution < -0.4 is 5.32 Å². The van der Waals surface area contributed by atoms with Crippen LogP contribution in [-0.2, 0) is 0 Å². The molecule has 4 rings (SSSR count). The van der Waals surface area contributed by atoms with E-state index in [1.807, 2.05) is 48.6 Å². The number of carbonyl (C=O) groups excluding carboxylic acids is 1. The van der Waals surface area contributed by atoms with Crippen molar-refractivity contribution in [1.82, 2.24) is 10.2 Å². The molecule has 2 fully saturated rings. The molecule has 1 amide bonds. The summed E-state index contributed by atoms with van der Waals surface area (Å²) in [5.74, 6) is 0.692. The van der Waals surface area contributed by atoms with Crippen LogP contribution in [-0.4, -0.2) is 36.5 Å². The van der Waals surface area contributed by atoms with Gasteiger partial charge in [0.1, 0.15) is 0 Å². The Morgan fingerprint density at radius 2 is 2.17 bits per heavy atom. The molecule has 3 atom stereocenters. The third kappa shape index (κ3) is 3.41. The molecule has 1 N–H and O–H groups in total. The molecule has 2 bridgehead atoms. The molecular weight excluding hydrogens is 340 g/mol. The van der Waals surface area contributed by atoms with E-state index in [2.05, 4.69) is 10.2 Å². The van der Waals surface area contributed by atoms with Gasteiger partial charge in [-0.25, -0.2) is 0 Å². The van der Waals surface area contributed by atoms with Gasteiger partial charge in [-0.15, -0.1) is 11.3 Å². The lowest BCUT2D eigenvalue weighted by Crippen LogP contribution is -2.42. The van der Waals surface area contributed by atoms with E-state index < -0.39 is 0 Å². The molecule has 124 valence electrons. The highest BCUT2D eigenvalue weighted by atomic mass is 35.5. The molecule has 0 aliphatic carbocycles. The van der Waals surface area contributed by atoms with E-state index in [0.29, 0.717) is 12.0 Å². The van der Waals surface area contributed by atoms with Gasteiger partial charge in [-0.3, -0.25) is 4.79 Å². The van der Waals surface area contributed by atoms with Crippen LogP contribution in [0.15, 0.2) is 36.4 Å². The van der Waals surface area contributed by atoms with Gasteiger partial charge in [0.2, 0.25) is 0 Å². The van der Waals surface area contributed by atoms with Crippen molar-refractivity contribution in [2.45, 2.75) is 12.5 Å². The number of piperidine rings is 1. The third-order valence-electron chi connectivity index (χ3n) is 4.79. The van der Waals surface area contributed by atoms with Gasteiger partial charge in [0.15, 0.2) is 0 Å². The van der Waals surface area contributed by atoms with Crippen LogP contribution in [0.2, 0.25) is 5.02 Å². The fourth-order valence-electron chi connectivity index (χ4n) is 3.54. The summed E-state index contributed by atoms with van der Waals surface area (Å²) in [6, 6.07) is 11.9. The molecule has 2 saturated heterocycles. The second kappa shape index (κ2) is 6.71. The summed E-state index contributed by atoms with van der Waals surface area (Å²) in [6.07, 6.45) is 5.25. The van der Waals surface area contributed by atoms with Gasteiger partial charge in [0.25, 0.3) is 5.91 Å². The first-order valence-corrected chi connectivity index (χ1v) is 9.43. The van der Waals surface area contributed by atoms with Gasteiger partial charge in [0.05, 0.1) is 4.88 Å². The number of rotatable bonds is 4. The highest BCUT2D eigenvalue weighted by Gasteiger charge is 2.38. The lowest BCUT2D eigenvalue weighted by atomic mass is 10.00. The van der Waals surface area contributed by atoms with Gasteiger partial charge in [0, 0.05) is 29.0 Å². The number of amides is 1. The van der Waals surface area contributed by atoms with E-state index >= 15 is 0 Å². The fourth-order valence-corrected chi connectivity index (χ4v) is 4.55. The Labute approximate surface area is 150 Å². The van der Waals surface area contributed by atoms with Crippen molar-refractivity contribution in [3.63, 3.8) is 0 Å². The Morgan fingerprint density at radius 3 is 2.92 bits per heavy atom. The number of thiophene rings is 1. The molecule has 1 aromatic carbocycles. The molecule has 2 aliphatic heterocycles. The van der Waals surface area contributed by atoms with Crippen molar-refractivity contribution in [2.24, 2.45) is 5.92 Å².